The molecule has 1 aromatic heterocycles. The van der Waals surface area contributed by atoms with Gasteiger partial charge in [-0.3, -0.25) is 4.79 Å². The number of rotatable bonds is 4. The summed E-state index contributed by atoms with van der Waals surface area (Å²) in [6.45, 7) is 0.740. The molecule has 0 spiro atoms. The molecule has 0 N–H and O–H groups in total. The number of anilines is 1. The van der Waals surface area contributed by atoms with E-state index < -0.39 is 0 Å². The smallest absolute Gasteiger partial charge is 0.264 e. The minimum Gasteiger partial charge on any atom is -0.484 e. The first-order valence-corrected chi connectivity index (χ1v) is 8.19. The van der Waals surface area contributed by atoms with E-state index in [1.165, 1.54) is 12.0 Å². The van der Waals surface area contributed by atoms with Gasteiger partial charge in [-0.2, -0.15) is 0 Å². The van der Waals surface area contributed by atoms with Crippen LogP contribution < -0.4 is 9.64 Å². The summed E-state index contributed by atoms with van der Waals surface area (Å²) < 4.78 is 10.8. The molecule has 6 nitrogen and oxygen atoms in total. The minimum atomic E-state index is -0.0341. The zero-order chi connectivity index (χ0) is 17.1. The van der Waals surface area contributed by atoms with Crippen molar-refractivity contribution in [2.24, 2.45) is 0 Å². The Morgan fingerprint density at radius 3 is 2.80 bits per heavy atom. The second-order valence-electron chi connectivity index (χ2n) is 5.83. The van der Waals surface area contributed by atoms with Gasteiger partial charge in [-0.15, -0.1) is 10.2 Å². The quantitative estimate of drug-likeness (QED) is 0.733. The number of carbonyl (C=O) groups excluding carboxylic acids is 1. The third-order valence-corrected chi connectivity index (χ3v) is 4.23. The van der Waals surface area contributed by atoms with Crippen LogP contribution in [0.2, 0.25) is 0 Å². The van der Waals surface area contributed by atoms with Crippen LogP contribution in [0, 0.1) is 0 Å². The van der Waals surface area contributed by atoms with Crippen molar-refractivity contribution in [2.75, 3.05) is 18.1 Å². The van der Waals surface area contributed by atoms with Crippen LogP contribution in [0.15, 0.2) is 59.3 Å². The molecule has 0 saturated carbocycles. The van der Waals surface area contributed by atoms with Crippen LogP contribution in [-0.4, -0.2) is 29.3 Å². The molecule has 0 atom stereocenters. The van der Waals surface area contributed by atoms with Crippen molar-refractivity contribution < 1.29 is 13.9 Å². The first kappa shape index (κ1) is 15.4. The molecule has 0 bridgehead atoms. The van der Waals surface area contributed by atoms with Crippen molar-refractivity contribution in [2.45, 2.75) is 12.8 Å². The predicted octanol–water partition coefficient (Wildman–Crippen LogP) is 3.09. The molecule has 0 saturated heterocycles. The zero-order valence-corrected chi connectivity index (χ0v) is 13.6. The third kappa shape index (κ3) is 3.24. The van der Waals surface area contributed by atoms with E-state index in [-0.39, 0.29) is 12.5 Å². The lowest BCUT2D eigenvalue weighted by Crippen LogP contribution is -2.38. The highest BCUT2D eigenvalue weighted by atomic mass is 16.5. The van der Waals surface area contributed by atoms with Crippen LogP contribution in [-0.2, 0) is 11.2 Å². The summed E-state index contributed by atoms with van der Waals surface area (Å²) in [6, 6.07) is 15.3. The lowest BCUT2D eigenvalue weighted by Gasteiger charge is -2.29. The van der Waals surface area contributed by atoms with E-state index in [4.69, 9.17) is 9.15 Å². The van der Waals surface area contributed by atoms with Gasteiger partial charge in [0.2, 0.25) is 12.3 Å². The van der Waals surface area contributed by atoms with Crippen molar-refractivity contribution in [1.82, 2.24) is 10.2 Å². The number of benzene rings is 2. The second kappa shape index (κ2) is 6.76. The summed E-state index contributed by atoms with van der Waals surface area (Å²) in [5, 5.41) is 7.51. The minimum absolute atomic E-state index is 0.00817. The molecule has 4 rings (SSSR count). The Balaban J connectivity index is 1.41. The molecule has 0 radical (unpaired) electrons. The molecule has 6 heteroatoms. The Morgan fingerprint density at radius 2 is 2.00 bits per heavy atom. The molecule has 0 unspecified atom stereocenters. The van der Waals surface area contributed by atoms with Gasteiger partial charge in [-0.1, -0.05) is 18.2 Å². The Morgan fingerprint density at radius 1 is 1.16 bits per heavy atom. The highest BCUT2D eigenvalue weighted by Crippen LogP contribution is 2.27. The Labute approximate surface area is 145 Å². The summed E-state index contributed by atoms with van der Waals surface area (Å²) in [5.74, 6) is 1.04. The van der Waals surface area contributed by atoms with E-state index >= 15 is 0 Å². The molecule has 126 valence electrons. The maximum atomic E-state index is 12.6. The number of aryl methyl sites for hydroxylation is 1. The van der Waals surface area contributed by atoms with E-state index in [2.05, 4.69) is 16.3 Å². The van der Waals surface area contributed by atoms with Crippen molar-refractivity contribution in [3.05, 3.63) is 60.5 Å². The number of hydrogen-bond donors (Lipinski definition) is 0. The maximum absolute atomic E-state index is 12.6. The average molecular weight is 335 g/mol. The molecule has 3 aromatic rings. The molecule has 1 amide bonds. The monoisotopic (exact) mass is 335 g/mol. The third-order valence-electron chi connectivity index (χ3n) is 4.23. The predicted molar refractivity (Wildman–Crippen MR) is 92.3 cm³/mol. The summed E-state index contributed by atoms with van der Waals surface area (Å²) in [7, 11) is 0. The number of para-hydroxylation sites is 1. The van der Waals surface area contributed by atoms with E-state index in [1.54, 1.807) is 12.1 Å². The van der Waals surface area contributed by atoms with Crippen LogP contribution in [0.4, 0.5) is 5.69 Å². The van der Waals surface area contributed by atoms with Crippen molar-refractivity contribution >= 4 is 11.6 Å². The highest BCUT2D eigenvalue weighted by molar-refractivity contribution is 5.95. The Kier molecular flexibility index (Phi) is 4.16. The largest absolute Gasteiger partial charge is 0.484 e. The second-order valence-corrected chi connectivity index (χ2v) is 5.83. The first-order chi connectivity index (χ1) is 12.3. The standard InChI is InChI=1S/C19H17N3O3/c23-18(22-11-3-5-14-4-1-2-6-17(14)22)12-24-16-9-7-15(8-10-16)19-21-20-13-25-19/h1-2,4,6-10,13H,3,5,11-12H2. The van der Waals surface area contributed by atoms with Gasteiger partial charge < -0.3 is 14.1 Å². The van der Waals surface area contributed by atoms with Crippen LogP contribution in [0.25, 0.3) is 11.5 Å². The zero-order valence-electron chi connectivity index (χ0n) is 13.6. The van der Waals surface area contributed by atoms with E-state index in [0.29, 0.717) is 11.6 Å². The number of carbonyl (C=O) groups is 1. The molecule has 0 aliphatic carbocycles. The molecule has 0 fully saturated rings. The summed E-state index contributed by atoms with van der Waals surface area (Å²) in [5.41, 5.74) is 3.02. The summed E-state index contributed by atoms with van der Waals surface area (Å²) in [4.78, 5) is 14.4. The number of hydrogen-bond acceptors (Lipinski definition) is 5. The van der Waals surface area contributed by atoms with Gasteiger partial charge in [0.1, 0.15) is 5.75 Å². The van der Waals surface area contributed by atoms with Crippen LogP contribution in [0.1, 0.15) is 12.0 Å². The molecule has 25 heavy (non-hydrogen) atoms. The maximum Gasteiger partial charge on any atom is 0.264 e. The number of ether oxygens (including phenoxy) is 1. The molecule has 1 aliphatic heterocycles. The molecular weight excluding hydrogens is 318 g/mol. The lowest BCUT2D eigenvalue weighted by molar-refractivity contribution is -0.120. The first-order valence-electron chi connectivity index (χ1n) is 8.19. The van der Waals surface area contributed by atoms with Crippen molar-refractivity contribution in [1.29, 1.82) is 0 Å². The topological polar surface area (TPSA) is 68.5 Å². The van der Waals surface area contributed by atoms with E-state index in [0.717, 1.165) is 30.6 Å². The Hall–Kier alpha value is -3.15. The fourth-order valence-electron chi connectivity index (χ4n) is 3.01. The van der Waals surface area contributed by atoms with Gasteiger partial charge in [0, 0.05) is 17.8 Å². The number of fused-ring (bicyclic) bond motifs is 1. The number of aromatic nitrogens is 2. The SMILES string of the molecule is O=C(COc1ccc(-c2nnco2)cc1)N1CCCc2ccccc21. The molecule has 2 heterocycles. The van der Waals surface area contributed by atoms with Crippen molar-refractivity contribution in [3.63, 3.8) is 0 Å². The van der Waals surface area contributed by atoms with Gasteiger partial charge in [-0.25, -0.2) is 0 Å². The van der Waals surface area contributed by atoms with Crippen molar-refractivity contribution in [3.8, 4) is 17.2 Å². The molecule has 1 aliphatic rings. The Bertz CT molecular complexity index is 860. The fourth-order valence-corrected chi connectivity index (χ4v) is 3.01. The fraction of sp³-hybridized carbons (Fsp3) is 0.211. The van der Waals surface area contributed by atoms with E-state index in [9.17, 15) is 4.79 Å². The van der Waals surface area contributed by atoms with Gasteiger partial charge in [0.25, 0.3) is 5.91 Å². The van der Waals surface area contributed by atoms with Gasteiger partial charge >= 0.3 is 0 Å². The highest BCUT2D eigenvalue weighted by Gasteiger charge is 2.22. The van der Waals surface area contributed by atoms with Crippen LogP contribution >= 0.6 is 0 Å². The van der Waals surface area contributed by atoms with Gasteiger partial charge in [0.05, 0.1) is 0 Å². The molecule has 2 aromatic carbocycles. The normalized spacial score (nSPS) is 13.4. The average Bonchev–Trinajstić information content (AvgIpc) is 3.21. The van der Waals surface area contributed by atoms with Gasteiger partial charge in [-0.05, 0) is 48.7 Å². The summed E-state index contributed by atoms with van der Waals surface area (Å²) >= 11 is 0. The lowest BCUT2D eigenvalue weighted by atomic mass is 10.0. The number of nitrogens with zero attached hydrogens (tertiary/aromatic N) is 3. The van der Waals surface area contributed by atoms with E-state index in [1.807, 2.05) is 35.2 Å². The number of amides is 1. The van der Waals surface area contributed by atoms with Crippen LogP contribution in [0.3, 0.4) is 0 Å². The van der Waals surface area contributed by atoms with Crippen LogP contribution in [0.5, 0.6) is 5.75 Å². The van der Waals surface area contributed by atoms with Gasteiger partial charge in [0.15, 0.2) is 6.61 Å². The summed E-state index contributed by atoms with van der Waals surface area (Å²) in [6.07, 6.45) is 3.27. The molecular formula is C19H17N3O3.